The summed E-state index contributed by atoms with van der Waals surface area (Å²) in [4.78, 5) is 12.4. The quantitative estimate of drug-likeness (QED) is 0.775. The average Bonchev–Trinajstić information content (AvgIpc) is 2.49. The lowest BCUT2D eigenvalue weighted by atomic mass is 10.1. The first kappa shape index (κ1) is 16.4. The molecule has 2 aromatic carbocycles. The van der Waals surface area contributed by atoms with Crippen molar-refractivity contribution in [2.24, 2.45) is 0 Å². The molecule has 0 saturated heterocycles. The van der Waals surface area contributed by atoms with Crippen LogP contribution in [0.3, 0.4) is 0 Å². The van der Waals surface area contributed by atoms with E-state index in [4.69, 9.17) is 10.5 Å². The van der Waals surface area contributed by atoms with Gasteiger partial charge in [0, 0.05) is 15.7 Å². The summed E-state index contributed by atoms with van der Waals surface area (Å²) < 4.78 is 6.31. The van der Waals surface area contributed by atoms with Crippen molar-refractivity contribution in [1.82, 2.24) is 0 Å². The Hall–Kier alpha value is -2.01. The molecule has 0 radical (unpaired) electrons. The highest BCUT2D eigenvalue weighted by Crippen LogP contribution is 2.29. The molecule has 22 heavy (non-hydrogen) atoms. The maximum absolute atomic E-state index is 12.4. The van der Waals surface area contributed by atoms with Crippen molar-refractivity contribution >= 4 is 33.2 Å². The monoisotopic (exact) mass is 362 g/mol. The summed E-state index contributed by atoms with van der Waals surface area (Å²) in [7, 11) is 0. The molecule has 5 heteroatoms. The van der Waals surface area contributed by atoms with E-state index >= 15 is 0 Å². The highest BCUT2D eigenvalue weighted by Gasteiger charge is 2.12. The van der Waals surface area contributed by atoms with Gasteiger partial charge in [-0.1, -0.05) is 13.0 Å². The van der Waals surface area contributed by atoms with E-state index in [9.17, 15) is 4.79 Å². The smallest absolute Gasteiger partial charge is 0.255 e. The number of aryl methyl sites for hydroxylation is 1. The lowest BCUT2D eigenvalue weighted by Gasteiger charge is -2.12. The number of nitrogen functional groups attached to an aromatic ring is 1. The normalized spacial score (nSPS) is 10.3. The molecule has 0 fully saturated rings. The van der Waals surface area contributed by atoms with Crippen molar-refractivity contribution in [3.63, 3.8) is 0 Å². The van der Waals surface area contributed by atoms with E-state index in [1.54, 1.807) is 18.2 Å². The summed E-state index contributed by atoms with van der Waals surface area (Å²) >= 11 is 3.43. The molecule has 4 nitrogen and oxygen atoms in total. The van der Waals surface area contributed by atoms with Crippen LogP contribution < -0.4 is 15.8 Å². The van der Waals surface area contributed by atoms with E-state index < -0.39 is 0 Å². The molecule has 116 valence electrons. The number of hydrogen-bond acceptors (Lipinski definition) is 3. The molecule has 0 aliphatic carbocycles. The number of nitrogens with two attached hydrogens (primary N) is 1. The molecular formula is C17H19BrN2O2. The Morgan fingerprint density at radius 3 is 2.77 bits per heavy atom. The SMILES string of the molecule is CCCOc1cccc(C(=O)Nc2c(C)cc(N)cc2Br)c1. The summed E-state index contributed by atoms with van der Waals surface area (Å²) in [6.07, 6.45) is 0.925. The Kier molecular flexibility index (Phi) is 5.44. The molecule has 3 N–H and O–H groups in total. The zero-order chi connectivity index (χ0) is 16.1. The van der Waals surface area contributed by atoms with Gasteiger partial charge in [0.1, 0.15) is 5.75 Å². The van der Waals surface area contributed by atoms with Crippen molar-refractivity contribution < 1.29 is 9.53 Å². The first-order chi connectivity index (χ1) is 10.5. The number of rotatable bonds is 5. The van der Waals surface area contributed by atoms with E-state index in [1.807, 2.05) is 32.0 Å². The summed E-state index contributed by atoms with van der Waals surface area (Å²) in [6.45, 7) is 4.57. The van der Waals surface area contributed by atoms with Gasteiger partial charge in [0.15, 0.2) is 0 Å². The second kappa shape index (κ2) is 7.31. The van der Waals surface area contributed by atoms with Gasteiger partial charge in [-0.25, -0.2) is 0 Å². The van der Waals surface area contributed by atoms with Crippen LogP contribution in [0.1, 0.15) is 29.3 Å². The zero-order valence-corrected chi connectivity index (χ0v) is 14.2. The minimum Gasteiger partial charge on any atom is -0.494 e. The number of hydrogen-bond donors (Lipinski definition) is 2. The van der Waals surface area contributed by atoms with Crippen LogP contribution >= 0.6 is 15.9 Å². The third-order valence-corrected chi connectivity index (χ3v) is 3.74. The Balaban J connectivity index is 2.19. The van der Waals surface area contributed by atoms with E-state index in [0.717, 1.165) is 22.1 Å². The third-order valence-electron chi connectivity index (χ3n) is 3.12. The van der Waals surface area contributed by atoms with Gasteiger partial charge in [0.2, 0.25) is 0 Å². The first-order valence-corrected chi connectivity index (χ1v) is 7.90. The maximum atomic E-state index is 12.4. The van der Waals surface area contributed by atoms with E-state index in [1.165, 1.54) is 0 Å². The Morgan fingerprint density at radius 1 is 1.32 bits per heavy atom. The van der Waals surface area contributed by atoms with Crippen molar-refractivity contribution in [2.75, 3.05) is 17.7 Å². The topological polar surface area (TPSA) is 64.3 Å². The molecular weight excluding hydrogens is 344 g/mol. The van der Waals surface area contributed by atoms with Gasteiger partial charge in [-0.15, -0.1) is 0 Å². The van der Waals surface area contributed by atoms with Crippen LogP contribution in [0.4, 0.5) is 11.4 Å². The fourth-order valence-corrected chi connectivity index (χ4v) is 2.74. The number of nitrogens with one attached hydrogen (secondary N) is 1. The number of amides is 1. The summed E-state index contributed by atoms with van der Waals surface area (Å²) in [5, 5.41) is 2.91. The molecule has 0 atom stereocenters. The van der Waals surface area contributed by atoms with Crippen LogP contribution in [0, 0.1) is 6.92 Å². The molecule has 2 aromatic rings. The molecule has 0 heterocycles. The minimum absolute atomic E-state index is 0.185. The summed E-state index contributed by atoms with van der Waals surface area (Å²) in [5.41, 5.74) is 8.60. The van der Waals surface area contributed by atoms with Gasteiger partial charge in [-0.3, -0.25) is 4.79 Å². The highest BCUT2D eigenvalue weighted by molar-refractivity contribution is 9.10. The molecule has 0 unspecified atom stereocenters. The molecule has 2 rings (SSSR count). The molecule has 0 aliphatic heterocycles. The predicted octanol–water partition coefficient (Wildman–Crippen LogP) is 4.38. The van der Waals surface area contributed by atoms with Crippen molar-refractivity contribution in [3.8, 4) is 5.75 Å². The van der Waals surface area contributed by atoms with Crippen LogP contribution in [-0.2, 0) is 0 Å². The zero-order valence-electron chi connectivity index (χ0n) is 12.7. The predicted molar refractivity (Wildman–Crippen MR) is 93.5 cm³/mol. The largest absolute Gasteiger partial charge is 0.494 e. The Labute approximate surface area is 138 Å². The molecule has 0 aliphatic rings. The second-order valence-corrected chi connectivity index (χ2v) is 5.88. The number of carbonyl (C=O) groups is 1. The standard InChI is InChI=1S/C17H19BrN2O2/c1-3-7-22-14-6-4-5-12(9-14)17(21)20-16-11(2)8-13(19)10-15(16)18/h4-6,8-10H,3,7,19H2,1-2H3,(H,20,21). The van der Waals surface area contributed by atoms with Crippen molar-refractivity contribution in [2.45, 2.75) is 20.3 Å². The van der Waals surface area contributed by atoms with Crippen LogP contribution in [0.15, 0.2) is 40.9 Å². The minimum atomic E-state index is -0.185. The van der Waals surface area contributed by atoms with Gasteiger partial charge in [-0.05, 0) is 65.2 Å². The van der Waals surface area contributed by atoms with Gasteiger partial charge in [0.05, 0.1) is 12.3 Å². The maximum Gasteiger partial charge on any atom is 0.255 e. The molecule has 0 saturated carbocycles. The molecule has 0 spiro atoms. The van der Waals surface area contributed by atoms with E-state index in [-0.39, 0.29) is 5.91 Å². The number of anilines is 2. The fraction of sp³-hybridized carbons (Fsp3) is 0.235. The van der Waals surface area contributed by atoms with E-state index in [2.05, 4.69) is 21.2 Å². The fourth-order valence-electron chi connectivity index (χ4n) is 2.06. The number of ether oxygens (including phenoxy) is 1. The molecule has 1 amide bonds. The number of carbonyl (C=O) groups excluding carboxylic acids is 1. The summed E-state index contributed by atoms with van der Waals surface area (Å²) in [6, 6.07) is 10.7. The van der Waals surface area contributed by atoms with Crippen LogP contribution in [0.5, 0.6) is 5.75 Å². The first-order valence-electron chi connectivity index (χ1n) is 7.11. The lowest BCUT2D eigenvalue weighted by Crippen LogP contribution is -2.13. The molecule has 0 bridgehead atoms. The van der Waals surface area contributed by atoms with Crippen LogP contribution in [-0.4, -0.2) is 12.5 Å². The lowest BCUT2D eigenvalue weighted by molar-refractivity contribution is 0.102. The van der Waals surface area contributed by atoms with Crippen LogP contribution in [0.2, 0.25) is 0 Å². The second-order valence-electron chi connectivity index (χ2n) is 5.03. The van der Waals surface area contributed by atoms with Gasteiger partial charge in [0.25, 0.3) is 5.91 Å². The van der Waals surface area contributed by atoms with Crippen molar-refractivity contribution in [1.29, 1.82) is 0 Å². The van der Waals surface area contributed by atoms with Gasteiger partial charge < -0.3 is 15.8 Å². The third kappa shape index (κ3) is 4.01. The average molecular weight is 363 g/mol. The Morgan fingerprint density at radius 2 is 2.09 bits per heavy atom. The number of benzene rings is 2. The highest BCUT2D eigenvalue weighted by atomic mass is 79.9. The van der Waals surface area contributed by atoms with E-state index in [0.29, 0.717) is 23.6 Å². The number of halogens is 1. The van der Waals surface area contributed by atoms with Crippen molar-refractivity contribution in [3.05, 3.63) is 52.0 Å². The summed E-state index contributed by atoms with van der Waals surface area (Å²) in [5.74, 6) is 0.512. The molecule has 0 aromatic heterocycles. The van der Waals surface area contributed by atoms with Gasteiger partial charge >= 0.3 is 0 Å². The van der Waals surface area contributed by atoms with Gasteiger partial charge in [-0.2, -0.15) is 0 Å². The van der Waals surface area contributed by atoms with Crippen LogP contribution in [0.25, 0.3) is 0 Å². The Bertz CT molecular complexity index is 663.